The van der Waals surface area contributed by atoms with Crippen molar-refractivity contribution in [3.63, 3.8) is 0 Å². The van der Waals surface area contributed by atoms with Crippen LogP contribution in [0.25, 0.3) is 0 Å². The highest BCUT2D eigenvalue weighted by Gasteiger charge is 2.46. The van der Waals surface area contributed by atoms with Gasteiger partial charge in [-0.1, -0.05) is 18.2 Å². The first-order chi connectivity index (χ1) is 18.3. The molecule has 1 atom stereocenters. The van der Waals surface area contributed by atoms with Crippen LogP contribution in [0.15, 0.2) is 72.8 Å². The van der Waals surface area contributed by atoms with E-state index in [1.807, 2.05) is 0 Å². The molecule has 0 aliphatic carbocycles. The number of halogens is 1. The van der Waals surface area contributed by atoms with Crippen molar-refractivity contribution >= 4 is 35.2 Å². The number of carbonyl (C=O) groups is 4. The highest BCUT2D eigenvalue weighted by atomic mass is 19.1. The molecule has 38 heavy (non-hydrogen) atoms. The van der Waals surface area contributed by atoms with Gasteiger partial charge in [0, 0.05) is 12.2 Å². The molecule has 0 radical (unpaired) electrons. The number of benzene rings is 3. The number of imide groups is 1. The molecule has 4 amide bonds. The van der Waals surface area contributed by atoms with Crippen LogP contribution in [-0.4, -0.2) is 48.5 Å². The van der Waals surface area contributed by atoms with Crippen molar-refractivity contribution in [1.82, 2.24) is 4.90 Å². The van der Waals surface area contributed by atoms with Crippen LogP contribution in [0, 0.1) is 5.82 Å². The zero-order valence-corrected chi connectivity index (χ0v) is 20.8. The Hall–Kier alpha value is -4.73. The van der Waals surface area contributed by atoms with Gasteiger partial charge < -0.3 is 19.7 Å². The minimum atomic E-state index is -1.12. The molecule has 0 aromatic heterocycles. The molecular formula is C28H26FN3O6. The second-order valence-corrected chi connectivity index (χ2v) is 8.48. The molecule has 1 saturated heterocycles. The second-order valence-electron chi connectivity index (χ2n) is 8.48. The Kier molecular flexibility index (Phi) is 8.00. The standard InChI is InChI=1S/C28H26FN3O6/c1-3-38-27(35)19-7-5-8-21(15-19)30-25(33)16-24-26(34)32(22-12-10-20(29)11-13-22)28(36)31(24)17-18-6-4-9-23(14-18)37-2/h4-15,24H,3,16-17H2,1-2H3,(H,30,33)/t24-/m1/s1. The number of carbonyl (C=O) groups excluding carboxylic acids is 4. The van der Waals surface area contributed by atoms with E-state index in [0.29, 0.717) is 17.0 Å². The number of ether oxygens (including phenoxy) is 2. The SMILES string of the molecule is CCOC(=O)c1cccc(NC(=O)C[C@@H]2C(=O)N(c3ccc(F)cc3)C(=O)N2Cc2cccc(OC)c2)c1. The predicted octanol–water partition coefficient (Wildman–Crippen LogP) is 4.38. The number of esters is 1. The van der Waals surface area contributed by atoms with Crippen molar-refractivity contribution in [2.24, 2.45) is 0 Å². The molecule has 0 saturated carbocycles. The number of nitrogens with one attached hydrogen (secondary N) is 1. The lowest BCUT2D eigenvalue weighted by molar-refractivity contribution is -0.124. The second kappa shape index (κ2) is 11.5. The molecule has 3 aromatic rings. The maximum atomic E-state index is 13.5. The molecule has 4 rings (SSSR count). The Morgan fingerprint density at radius 1 is 1.00 bits per heavy atom. The maximum Gasteiger partial charge on any atom is 0.338 e. The summed E-state index contributed by atoms with van der Waals surface area (Å²) in [4.78, 5) is 54.1. The normalized spacial score (nSPS) is 15.0. The van der Waals surface area contributed by atoms with E-state index in [-0.39, 0.29) is 30.8 Å². The fourth-order valence-corrected chi connectivity index (χ4v) is 4.14. The summed E-state index contributed by atoms with van der Waals surface area (Å²) in [5.74, 6) is -1.61. The minimum absolute atomic E-state index is 0.0375. The van der Waals surface area contributed by atoms with Crippen LogP contribution in [0.2, 0.25) is 0 Å². The maximum absolute atomic E-state index is 13.5. The summed E-state index contributed by atoms with van der Waals surface area (Å²) >= 11 is 0. The lowest BCUT2D eigenvalue weighted by Gasteiger charge is -2.22. The summed E-state index contributed by atoms with van der Waals surface area (Å²) in [7, 11) is 1.52. The van der Waals surface area contributed by atoms with Gasteiger partial charge in [0.05, 0.1) is 31.4 Å². The van der Waals surface area contributed by atoms with E-state index < -0.39 is 35.7 Å². The molecule has 1 N–H and O–H groups in total. The minimum Gasteiger partial charge on any atom is -0.497 e. The summed E-state index contributed by atoms with van der Waals surface area (Å²) < 4.78 is 23.7. The summed E-state index contributed by atoms with van der Waals surface area (Å²) in [6.45, 7) is 1.94. The number of hydrogen-bond acceptors (Lipinski definition) is 6. The van der Waals surface area contributed by atoms with Crippen molar-refractivity contribution < 1.29 is 33.0 Å². The van der Waals surface area contributed by atoms with Gasteiger partial charge in [0.2, 0.25) is 5.91 Å². The molecular weight excluding hydrogens is 493 g/mol. The predicted molar refractivity (Wildman–Crippen MR) is 137 cm³/mol. The van der Waals surface area contributed by atoms with Crippen LogP contribution < -0.4 is 15.0 Å². The van der Waals surface area contributed by atoms with E-state index in [4.69, 9.17) is 9.47 Å². The van der Waals surface area contributed by atoms with E-state index >= 15 is 0 Å². The Balaban J connectivity index is 1.58. The van der Waals surface area contributed by atoms with Gasteiger partial charge in [0.15, 0.2) is 0 Å². The summed E-state index contributed by atoms with van der Waals surface area (Å²) in [5, 5.41) is 2.68. The van der Waals surface area contributed by atoms with Gasteiger partial charge in [-0.2, -0.15) is 0 Å². The number of nitrogens with zero attached hydrogens (tertiary/aromatic N) is 2. The number of urea groups is 1. The molecule has 10 heteroatoms. The molecule has 1 fully saturated rings. The van der Waals surface area contributed by atoms with Crippen molar-refractivity contribution in [2.45, 2.75) is 25.9 Å². The largest absolute Gasteiger partial charge is 0.497 e. The average molecular weight is 520 g/mol. The number of hydrogen-bond donors (Lipinski definition) is 1. The van der Waals surface area contributed by atoms with E-state index in [0.717, 1.165) is 17.0 Å². The number of anilines is 2. The van der Waals surface area contributed by atoms with Crippen LogP contribution in [0.5, 0.6) is 5.75 Å². The van der Waals surface area contributed by atoms with Crippen molar-refractivity contribution in [3.8, 4) is 5.75 Å². The topological polar surface area (TPSA) is 105 Å². The Labute approximate surface area is 218 Å². The average Bonchev–Trinajstić information content (AvgIpc) is 3.13. The van der Waals surface area contributed by atoms with Gasteiger partial charge in [0.1, 0.15) is 17.6 Å². The third-order valence-electron chi connectivity index (χ3n) is 5.93. The van der Waals surface area contributed by atoms with Gasteiger partial charge in [-0.15, -0.1) is 0 Å². The quantitative estimate of drug-likeness (QED) is 0.332. The van der Waals surface area contributed by atoms with Crippen LogP contribution in [0.1, 0.15) is 29.3 Å². The highest BCUT2D eigenvalue weighted by molar-refractivity contribution is 6.22. The lowest BCUT2D eigenvalue weighted by Crippen LogP contribution is -2.37. The van der Waals surface area contributed by atoms with Gasteiger partial charge >= 0.3 is 12.0 Å². The van der Waals surface area contributed by atoms with E-state index in [1.165, 1.54) is 30.2 Å². The van der Waals surface area contributed by atoms with Crippen molar-refractivity contribution in [3.05, 3.63) is 89.7 Å². The molecule has 1 heterocycles. The smallest absolute Gasteiger partial charge is 0.338 e. The number of rotatable bonds is 9. The third kappa shape index (κ3) is 5.80. The Morgan fingerprint density at radius 3 is 2.45 bits per heavy atom. The molecule has 1 aliphatic rings. The summed E-state index contributed by atoms with van der Waals surface area (Å²) in [6, 6.07) is 16.5. The van der Waals surface area contributed by atoms with E-state index in [1.54, 1.807) is 49.4 Å². The molecule has 9 nitrogen and oxygen atoms in total. The third-order valence-corrected chi connectivity index (χ3v) is 5.93. The Morgan fingerprint density at radius 2 is 1.74 bits per heavy atom. The monoisotopic (exact) mass is 519 g/mol. The molecule has 196 valence electrons. The Bertz CT molecular complexity index is 1360. The van der Waals surface area contributed by atoms with Gasteiger partial charge in [-0.25, -0.2) is 18.9 Å². The highest BCUT2D eigenvalue weighted by Crippen LogP contribution is 2.29. The zero-order chi connectivity index (χ0) is 27.2. The first-order valence-corrected chi connectivity index (χ1v) is 11.9. The number of amides is 4. The fourth-order valence-electron chi connectivity index (χ4n) is 4.14. The molecule has 3 aromatic carbocycles. The lowest BCUT2D eigenvalue weighted by atomic mass is 10.1. The van der Waals surface area contributed by atoms with E-state index in [2.05, 4.69) is 5.32 Å². The summed E-state index contributed by atoms with van der Waals surface area (Å²) in [5.41, 5.74) is 1.49. The molecule has 1 aliphatic heterocycles. The van der Waals surface area contributed by atoms with Crippen LogP contribution >= 0.6 is 0 Å². The number of methoxy groups -OCH3 is 1. The van der Waals surface area contributed by atoms with Crippen molar-refractivity contribution in [2.75, 3.05) is 23.9 Å². The van der Waals surface area contributed by atoms with Crippen molar-refractivity contribution in [1.29, 1.82) is 0 Å². The molecule has 0 spiro atoms. The summed E-state index contributed by atoms with van der Waals surface area (Å²) in [6.07, 6.45) is -0.337. The van der Waals surface area contributed by atoms with Gasteiger partial charge in [-0.05, 0) is 67.1 Å². The zero-order valence-electron chi connectivity index (χ0n) is 20.8. The van der Waals surface area contributed by atoms with Crippen LogP contribution in [-0.2, 0) is 20.9 Å². The first kappa shape index (κ1) is 26.3. The van der Waals surface area contributed by atoms with Gasteiger partial charge in [-0.3, -0.25) is 9.59 Å². The van der Waals surface area contributed by atoms with Gasteiger partial charge in [0.25, 0.3) is 5.91 Å². The fraction of sp³-hybridized carbons (Fsp3) is 0.214. The van der Waals surface area contributed by atoms with Crippen LogP contribution in [0.3, 0.4) is 0 Å². The molecule has 0 bridgehead atoms. The van der Waals surface area contributed by atoms with E-state index in [9.17, 15) is 23.6 Å². The first-order valence-electron chi connectivity index (χ1n) is 11.9. The van der Waals surface area contributed by atoms with Crippen LogP contribution in [0.4, 0.5) is 20.6 Å². The molecule has 0 unspecified atom stereocenters.